The highest BCUT2D eigenvalue weighted by Crippen LogP contribution is 2.23. The first-order valence-corrected chi connectivity index (χ1v) is 7.08. The van der Waals surface area contributed by atoms with Gasteiger partial charge in [-0.1, -0.05) is 6.07 Å². The van der Waals surface area contributed by atoms with Crippen LogP contribution in [0.15, 0.2) is 12.1 Å². The second kappa shape index (κ2) is 9.64. The Kier molecular flexibility index (Phi) is 9.06. The van der Waals surface area contributed by atoms with Gasteiger partial charge in [-0.05, 0) is 57.5 Å². The summed E-state index contributed by atoms with van der Waals surface area (Å²) in [6.45, 7) is 9.22. The van der Waals surface area contributed by atoms with Crippen LogP contribution in [0, 0.1) is 20.8 Å². The van der Waals surface area contributed by atoms with Crippen molar-refractivity contribution in [2.75, 3.05) is 20.2 Å². The number of rotatable bonds is 7. The zero-order valence-electron chi connectivity index (χ0n) is 13.6. The fraction of sp³-hybridized carbons (Fsp3) is 0.562. The van der Waals surface area contributed by atoms with Crippen LogP contribution >= 0.6 is 12.4 Å². The highest BCUT2D eigenvalue weighted by Gasteiger charge is 2.07. The number of hydrogen-bond acceptors (Lipinski definition) is 3. The zero-order valence-corrected chi connectivity index (χ0v) is 14.4. The SMILES string of the molecule is CNC(C)CNC(=O)CCOc1cc(C)cc(C)c1C.Cl. The Morgan fingerprint density at radius 2 is 1.95 bits per heavy atom. The lowest BCUT2D eigenvalue weighted by Crippen LogP contribution is -2.37. The van der Waals surface area contributed by atoms with E-state index in [4.69, 9.17) is 4.74 Å². The van der Waals surface area contributed by atoms with Crippen molar-refractivity contribution in [1.29, 1.82) is 0 Å². The molecule has 2 N–H and O–H groups in total. The molecule has 1 aromatic carbocycles. The summed E-state index contributed by atoms with van der Waals surface area (Å²) < 4.78 is 5.73. The van der Waals surface area contributed by atoms with Crippen molar-refractivity contribution in [1.82, 2.24) is 10.6 Å². The molecular formula is C16H27ClN2O2. The second-order valence-electron chi connectivity index (χ2n) is 5.30. The van der Waals surface area contributed by atoms with Gasteiger partial charge >= 0.3 is 0 Å². The molecule has 4 nitrogen and oxygen atoms in total. The van der Waals surface area contributed by atoms with Gasteiger partial charge in [-0.15, -0.1) is 12.4 Å². The largest absolute Gasteiger partial charge is 0.493 e. The molecule has 0 aromatic heterocycles. The van der Waals surface area contributed by atoms with Crippen LogP contribution in [0.25, 0.3) is 0 Å². The molecule has 0 saturated carbocycles. The van der Waals surface area contributed by atoms with Gasteiger partial charge < -0.3 is 15.4 Å². The predicted octanol–water partition coefficient (Wildman–Crippen LogP) is 2.53. The van der Waals surface area contributed by atoms with Crippen molar-refractivity contribution in [3.05, 3.63) is 28.8 Å². The maximum atomic E-state index is 11.7. The van der Waals surface area contributed by atoms with Crippen LogP contribution in [0.5, 0.6) is 5.75 Å². The molecule has 0 bridgehead atoms. The lowest BCUT2D eigenvalue weighted by Gasteiger charge is -2.13. The number of ether oxygens (including phenoxy) is 1. The van der Waals surface area contributed by atoms with E-state index in [1.807, 2.05) is 33.9 Å². The van der Waals surface area contributed by atoms with Gasteiger partial charge in [0.2, 0.25) is 5.91 Å². The third-order valence-electron chi connectivity index (χ3n) is 3.45. The highest BCUT2D eigenvalue weighted by atomic mass is 35.5. The van der Waals surface area contributed by atoms with Crippen molar-refractivity contribution in [2.24, 2.45) is 0 Å². The Labute approximate surface area is 134 Å². The van der Waals surface area contributed by atoms with Crippen LogP contribution in [0.3, 0.4) is 0 Å². The molecule has 0 saturated heterocycles. The van der Waals surface area contributed by atoms with Gasteiger partial charge in [0.05, 0.1) is 13.0 Å². The molecule has 0 spiro atoms. The summed E-state index contributed by atoms with van der Waals surface area (Å²) in [6, 6.07) is 4.43. The van der Waals surface area contributed by atoms with E-state index in [0.717, 1.165) is 11.3 Å². The molecule has 5 heteroatoms. The Bertz CT molecular complexity index is 464. The van der Waals surface area contributed by atoms with E-state index in [-0.39, 0.29) is 24.4 Å². The minimum Gasteiger partial charge on any atom is -0.493 e. The molecule has 0 aliphatic carbocycles. The van der Waals surface area contributed by atoms with Crippen LogP contribution in [0.4, 0.5) is 0 Å². The van der Waals surface area contributed by atoms with Crippen LogP contribution in [0.1, 0.15) is 30.0 Å². The number of aryl methyl sites for hydroxylation is 2. The normalized spacial score (nSPS) is 11.5. The third kappa shape index (κ3) is 6.82. The van der Waals surface area contributed by atoms with Gasteiger partial charge in [0, 0.05) is 12.6 Å². The van der Waals surface area contributed by atoms with Crippen molar-refractivity contribution < 1.29 is 9.53 Å². The standard InChI is InChI=1S/C16H26N2O2.ClH/c1-11-8-12(2)14(4)15(9-11)20-7-6-16(19)18-10-13(3)17-5;/h8-9,13,17H,6-7,10H2,1-5H3,(H,18,19);1H. The molecule has 1 amide bonds. The molecule has 0 aliphatic rings. The number of halogens is 1. The van der Waals surface area contributed by atoms with Crippen molar-refractivity contribution in [2.45, 2.75) is 40.2 Å². The highest BCUT2D eigenvalue weighted by molar-refractivity contribution is 5.85. The predicted molar refractivity (Wildman–Crippen MR) is 89.5 cm³/mol. The molecule has 120 valence electrons. The number of carbonyl (C=O) groups is 1. The van der Waals surface area contributed by atoms with E-state index in [1.165, 1.54) is 11.1 Å². The monoisotopic (exact) mass is 314 g/mol. The third-order valence-corrected chi connectivity index (χ3v) is 3.45. The van der Waals surface area contributed by atoms with Crippen molar-refractivity contribution >= 4 is 18.3 Å². The second-order valence-corrected chi connectivity index (χ2v) is 5.30. The molecular weight excluding hydrogens is 288 g/mol. The van der Waals surface area contributed by atoms with E-state index in [9.17, 15) is 4.79 Å². The molecule has 1 rings (SSSR count). The topological polar surface area (TPSA) is 50.4 Å². The molecule has 0 fully saturated rings. The Morgan fingerprint density at radius 1 is 1.29 bits per heavy atom. The molecule has 1 unspecified atom stereocenters. The van der Waals surface area contributed by atoms with Gasteiger partial charge in [-0.2, -0.15) is 0 Å². The maximum absolute atomic E-state index is 11.7. The average Bonchev–Trinajstić information content (AvgIpc) is 2.41. The van der Waals surface area contributed by atoms with Crippen molar-refractivity contribution in [3.63, 3.8) is 0 Å². The number of likely N-dealkylation sites (N-methyl/N-ethyl adjacent to an activating group) is 1. The number of nitrogens with one attached hydrogen (secondary N) is 2. The lowest BCUT2D eigenvalue weighted by molar-refractivity contribution is -0.121. The lowest BCUT2D eigenvalue weighted by atomic mass is 10.1. The van der Waals surface area contributed by atoms with E-state index in [1.54, 1.807) is 0 Å². The van der Waals surface area contributed by atoms with Crippen LogP contribution in [-0.4, -0.2) is 32.1 Å². The average molecular weight is 315 g/mol. The van der Waals surface area contributed by atoms with E-state index in [2.05, 4.69) is 23.6 Å². The summed E-state index contributed by atoms with van der Waals surface area (Å²) in [6.07, 6.45) is 0.378. The van der Waals surface area contributed by atoms with E-state index in [0.29, 0.717) is 19.6 Å². The number of hydrogen-bond donors (Lipinski definition) is 2. The van der Waals surface area contributed by atoms with Crippen LogP contribution in [0.2, 0.25) is 0 Å². The van der Waals surface area contributed by atoms with E-state index < -0.39 is 0 Å². The molecule has 0 radical (unpaired) electrons. The summed E-state index contributed by atoms with van der Waals surface area (Å²) in [7, 11) is 1.88. The summed E-state index contributed by atoms with van der Waals surface area (Å²) in [5.41, 5.74) is 3.53. The maximum Gasteiger partial charge on any atom is 0.223 e. The summed E-state index contributed by atoms with van der Waals surface area (Å²) in [5, 5.41) is 5.95. The molecule has 0 heterocycles. The zero-order chi connectivity index (χ0) is 15.1. The van der Waals surface area contributed by atoms with Crippen LogP contribution in [-0.2, 0) is 4.79 Å². The Hall–Kier alpha value is -1.26. The number of amides is 1. The molecule has 0 aliphatic heterocycles. The molecule has 1 atom stereocenters. The Morgan fingerprint density at radius 3 is 2.57 bits per heavy atom. The van der Waals surface area contributed by atoms with E-state index >= 15 is 0 Å². The van der Waals surface area contributed by atoms with Crippen molar-refractivity contribution in [3.8, 4) is 5.75 Å². The molecule has 1 aromatic rings. The number of benzene rings is 1. The minimum atomic E-state index is 0. The first-order chi connectivity index (χ1) is 9.43. The van der Waals surface area contributed by atoms with Crippen LogP contribution < -0.4 is 15.4 Å². The quantitative estimate of drug-likeness (QED) is 0.813. The van der Waals surface area contributed by atoms with Gasteiger partial charge in [0.25, 0.3) is 0 Å². The Balaban J connectivity index is 0.00000400. The molecule has 21 heavy (non-hydrogen) atoms. The first kappa shape index (κ1) is 19.7. The number of carbonyl (C=O) groups excluding carboxylic acids is 1. The summed E-state index contributed by atoms with van der Waals surface area (Å²) in [4.78, 5) is 11.7. The van der Waals surface area contributed by atoms with Gasteiger partial charge in [0.1, 0.15) is 5.75 Å². The van der Waals surface area contributed by atoms with Gasteiger partial charge in [0.15, 0.2) is 0 Å². The fourth-order valence-electron chi connectivity index (χ4n) is 1.86. The fourth-order valence-corrected chi connectivity index (χ4v) is 1.86. The smallest absolute Gasteiger partial charge is 0.223 e. The van der Waals surface area contributed by atoms with Gasteiger partial charge in [-0.3, -0.25) is 4.79 Å². The summed E-state index contributed by atoms with van der Waals surface area (Å²) >= 11 is 0. The van der Waals surface area contributed by atoms with Gasteiger partial charge in [-0.25, -0.2) is 0 Å². The first-order valence-electron chi connectivity index (χ1n) is 7.08. The minimum absolute atomic E-state index is 0. The summed E-state index contributed by atoms with van der Waals surface area (Å²) in [5.74, 6) is 0.896.